The second kappa shape index (κ2) is 9.72. The van der Waals surface area contributed by atoms with Crippen molar-refractivity contribution in [3.05, 3.63) is 58.1 Å². The number of nitrogens with two attached hydrogens (primary N) is 1. The number of ether oxygens (including phenoxy) is 1. The SMILES string of the molecule is COc1ccc(CCC(=O)Nc2ccc(C(=O)NCC(N)=O)cc2)cc1Br. The van der Waals surface area contributed by atoms with Crippen molar-refractivity contribution in [1.29, 1.82) is 0 Å². The summed E-state index contributed by atoms with van der Waals surface area (Å²) in [6.45, 7) is -0.223. The monoisotopic (exact) mass is 433 g/mol. The molecule has 3 amide bonds. The van der Waals surface area contributed by atoms with E-state index in [0.29, 0.717) is 24.1 Å². The Morgan fingerprint density at radius 3 is 2.41 bits per heavy atom. The Balaban J connectivity index is 1.85. The lowest BCUT2D eigenvalue weighted by Gasteiger charge is -2.08. The summed E-state index contributed by atoms with van der Waals surface area (Å²) in [6, 6.07) is 12.1. The number of hydrogen-bond acceptors (Lipinski definition) is 4. The highest BCUT2D eigenvalue weighted by atomic mass is 79.9. The molecule has 0 atom stereocenters. The molecule has 0 fully saturated rings. The number of primary amides is 1. The van der Waals surface area contributed by atoms with Gasteiger partial charge in [0.25, 0.3) is 5.91 Å². The predicted molar refractivity (Wildman–Crippen MR) is 106 cm³/mol. The number of halogens is 1. The fourth-order valence-corrected chi connectivity index (χ4v) is 2.91. The Morgan fingerprint density at radius 2 is 1.81 bits per heavy atom. The molecule has 27 heavy (non-hydrogen) atoms. The Hall–Kier alpha value is -2.87. The van der Waals surface area contributed by atoms with Crippen LogP contribution >= 0.6 is 15.9 Å². The highest BCUT2D eigenvalue weighted by Crippen LogP contribution is 2.26. The molecule has 8 heteroatoms. The number of carbonyl (C=O) groups excluding carboxylic acids is 3. The summed E-state index contributed by atoms with van der Waals surface area (Å²) in [4.78, 5) is 34.6. The van der Waals surface area contributed by atoms with Gasteiger partial charge in [-0.25, -0.2) is 0 Å². The van der Waals surface area contributed by atoms with Crippen LogP contribution in [0.25, 0.3) is 0 Å². The molecule has 0 saturated heterocycles. The van der Waals surface area contributed by atoms with E-state index in [-0.39, 0.29) is 12.5 Å². The molecule has 2 aromatic carbocycles. The molecule has 0 aliphatic carbocycles. The van der Waals surface area contributed by atoms with Crippen molar-refractivity contribution in [3.8, 4) is 5.75 Å². The van der Waals surface area contributed by atoms with E-state index in [2.05, 4.69) is 26.6 Å². The summed E-state index contributed by atoms with van der Waals surface area (Å²) >= 11 is 3.42. The highest BCUT2D eigenvalue weighted by molar-refractivity contribution is 9.10. The van der Waals surface area contributed by atoms with Gasteiger partial charge in [0.15, 0.2) is 0 Å². The lowest BCUT2D eigenvalue weighted by molar-refractivity contribution is -0.117. The van der Waals surface area contributed by atoms with E-state index in [1.54, 1.807) is 31.4 Å². The first-order chi connectivity index (χ1) is 12.9. The zero-order chi connectivity index (χ0) is 19.8. The third kappa shape index (κ3) is 6.41. The number of anilines is 1. The van der Waals surface area contributed by atoms with Gasteiger partial charge in [0.2, 0.25) is 11.8 Å². The van der Waals surface area contributed by atoms with Crippen LogP contribution < -0.4 is 21.1 Å². The quantitative estimate of drug-likeness (QED) is 0.592. The molecule has 2 aromatic rings. The topological polar surface area (TPSA) is 111 Å². The van der Waals surface area contributed by atoms with Crippen LogP contribution in [0.4, 0.5) is 5.69 Å². The van der Waals surface area contributed by atoms with E-state index >= 15 is 0 Å². The summed E-state index contributed by atoms with van der Waals surface area (Å²) in [5.74, 6) is -0.413. The van der Waals surface area contributed by atoms with Crippen LogP contribution in [0.1, 0.15) is 22.3 Å². The van der Waals surface area contributed by atoms with Crippen LogP contribution in [0.3, 0.4) is 0 Å². The second-order valence-electron chi connectivity index (χ2n) is 5.74. The Bertz CT molecular complexity index is 837. The predicted octanol–water partition coefficient (Wildman–Crippen LogP) is 2.24. The normalized spacial score (nSPS) is 10.1. The number of methoxy groups -OCH3 is 1. The molecule has 0 aliphatic rings. The van der Waals surface area contributed by atoms with Crippen LogP contribution in [-0.4, -0.2) is 31.4 Å². The van der Waals surface area contributed by atoms with E-state index in [4.69, 9.17) is 10.5 Å². The highest BCUT2D eigenvalue weighted by Gasteiger charge is 2.08. The number of aryl methyl sites for hydroxylation is 1. The van der Waals surface area contributed by atoms with Gasteiger partial charge in [-0.1, -0.05) is 6.07 Å². The number of nitrogens with one attached hydrogen (secondary N) is 2. The van der Waals surface area contributed by atoms with Crippen molar-refractivity contribution in [2.75, 3.05) is 19.0 Å². The van der Waals surface area contributed by atoms with Gasteiger partial charge in [0.05, 0.1) is 18.1 Å². The molecule has 0 unspecified atom stereocenters. The molecule has 0 spiro atoms. The number of rotatable bonds is 8. The number of benzene rings is 2. The smallest absolute Gasteiger partial charge is 0.251 e. The molecular weight excluding hydrogens is 414 g/mol. The molecule has 0 saturated carbocycles. The van der Waals surface area contributed by atoms with Gasteiger partial charge in [-0.05, 0) is 64.3 Å². The lowest BCUT2D eigenvalue weighted by atomic mass is 10.1. The summed E-state index contributed by atoms with van der Waals surface area (Å²) < 4.78 is 6.02. The summed E-state index contributed by atoms with van der Waals surface area (Å²) in [5, 5.41) is 5.18. The molecule has 0 aromatic heterocycles. The van der Waals surface area contributed by atoms with E-state index in [1.807, 2.05) is 18.2 Å². The lowest BCUT2D eigenvalue weighted by Crippen LogP contribution is -2.33. The molecule has 0 bridgehead atoms. The summed E-state index contributed by atoms with van der Waals surface area (Å²) in [5.41, 5.74) is 6.95. The van der Waals surface area contributed by atoms with Crippen molar-refractivity contribution in [2.24, 2.45) is 5.73 Å². The van der Waals surface area contributed by atoms with Crippen LogP contribution in [0.5, 0.6) is 5.75 Å². The number of carbonyl (C=O) groups is 3. The largest absolute Gasteiger partial charge is 0.496 e. The summed E-state index contributed by atoms with van der Waals surface area (Å²) in [7, 11) is 1.60. The average Bonchev–Trinajstić information content (AvgIpc) is 2.65. The maximum Gasteiger partial charge on any atom is 0.251 e. The molecular formula is C19H20BrN3O4. The van der Waals surface area contributed by atoms with Crippen molar-refractivity contribution < 1.29 is 19.1 Å². The third-order valence-electron chi connectivity index (χ3n) is 3.71. The number of amides is 3. The first-order valence-electron chi connectivity index (χ1n) is 8.18. The fraction of sp³-hybridized carbons (Fsp3) is 0.211. The molecule has 0 aliphatic heterocycles. The van der Waals surface area contributed by atoms with Crippen molar-refractivity contribution in [2.45, 2.75) is 12.8 Å². The molecule has 7 nitrogen and oxygen atoms in total. The van der Waals surface area contributed by atoms with E-state index in [1.165, 1.54) is 0 Å². The van der Waals surface area contributed by atoms with E-state index in [0.717, 1.165) is 15.8 Å². The zero-order valence-corrected chi connectivity index (χ0v) is 16.3. The molecule has 2 rings (SSSR count). The average molecular weight is 434 g/mol. The van der Waals surface area contributed by atoms with Crippen LogP contribution in [0, 0.1) is 0 Å². The standard InChI is InChI=1S/C19H20BrN3O4/c1-27-16-8-2-12(10-15(16)20)3-9-18(25)23-14-6-4-13(5-7-14)19(26)22-11-17(21)24/h2,4-8,10H,3,9,11H2,1H3,(H2,21,24)(H,22,26)(H,23,25). The Labute approximate surface area is 165 Å². The van der Waals surface area contributed by atoms with Gasteiger partial charge >= 0.3 is 0 Å². The molecule has 4 N–H and O–H groups in total. The Kier molecular flexibility index (Phi) is 7.36. The minimum Gasteiger partial charge on any atom is -0.496 e. The maximum atomic E-state index is 12.1. The number of hydrogen-bond donors (Lipinski definition) is 3. The van der Waals surface area contributed by atoms with Gasteiger partial charge in [0, 0.05) is 17.7 Å². The summed E-state index contributed by atoms with van der Waals surface area (Å²) in [6.07, 6.45) is 0.904. The van der Waals surface area contributed by atoms with Crippen LogP contribution in [0.2, 0.25) is 0 Å². The minimum atomic E-state index is -0.615. The third-order valence-corrected chi connectivity index (χ3v) is 4.33. The molecule has 0 heterocycles. The Morgan fingerprint density at radius 1 is 1.11 bits per heavy atom. The molecule has 0 radical (unpaired) electrons. The van der Waals surface area contributed by atoms with Gasteiger partial charge in [-0.3, -0.25) is 14.4 Å². The van der Waals surface area contributed by atoms with Crippen LogP contribution in [-0.2, 0) is 16.0 Å². The first kappa shape index (κ1) is 20.4. The van der Waals surface area contributed by atoms with Crippen molar-refractivity contribution >= 4 is 39.3 Å². The van der Waals surface area contributed by atoms with E-state index < -0.39 is 11.8 Å². The van der Waals surface area contributed by atoms with Crippen LogP contribution in [0.15, 0.2) is 46.9 Å². The van der Waals surface area contributed by atoms with Crippen molar-refractivity contribution in [3.63, 3.8) is 0 Å². The van der Waals surface area contributed by atoms with Gasteiger partial charge in [-0.15, -0.1) is 0 Å². The molecule has 142 valence electrons. The van der Waals surface area contributed by atoms with E-state index in [9.17, 15) is 14.4 Å². The second-order valence-corrected chi connectivity index (χ2v) is 6.60. The first-order valence-corrected chi connectivity index (χ1v) is 8.97. The van der Waals surface area contributed by atoms with Crippen molar-refractivity contribution in [1.82, 2.24) is 5.32 Å². The fourth-order valence-electron chi connectivity index (χ4n) is 2.32. The van der Waals surface area contributed by atoms with Gasteiger partial charge < -0.3 is 21.1 Å². The van der Waals surface area contributed by atoms with Gasteiger partial charge in [0.1, 0.15) is 5.75 Å². The minimum absolute atomic E-state index is 0.132. The van der Waals surface area contributed by atoms with Gasteiger partial charge in [-0.2, -0.15) is 0 Å². The maximum absolute atomic E-state index is 12.1. The zero-order valence-electron chi connectivity index (χ0n) is 14.8.